The van der Waals surface area contributed by atoms with E-state index in [0.717, 1.165) is 11.5 Å². The lowest BCUT2D eigenvalue weighted by atomic mass is 10.2. The quantitative estimate of drug-likeness (QED) is 0.495. The first kappa shape index (κ1) is 15.8. The molecule has 1 heterocycles. The Morgan fingerprint density at radius 2 is 2.00 bits per heavy atom. The zero-order chi connectivity index (χ0) is 16.1. The lowest BCUT2D eigenvalue weighted by Gasteiger charge is -2.02. The van der Waals surface area contributed by atoms with Gasteiger partial charge >= 0.3 is 11.6 Å². The monoisotopic (exact) mass is 336 g/mol. The topological polar surface area (TPSA) is 120 Å². The minimum atomic E-state index is -0.707. The van der Waals surface area contributed by atoms with Crippen molar-refractivity contribution in [2.75, 3.05) is 12.4 Å². The molecule has 0 aliphatic heterocycles. The van der Waals surface area contributed by atoms with Crippen LogP contribution in [0.2, 0.25) is 5.02 Å². The third-order valence-corrected chi connectivity index (χ3v) is 3.55. The van der Waals surface area contributed by atoms with E-state index in [1.165, 1.54) is 7.05 Å². The Bertz CT molecular complexity index is 766. The van der Waals surface area contributed by atoms with Crippen LogP contribution in [0, 0.1) is 0 Å². The standard InChI is InChI=1S/C12H9ClN6O2S/c1-15-11(20)9-10(22-19-18-9)8(17-14)12(21)16-7-4-2-6(13)3-5-7/h2-5H,1H3,(H,15,20)(H,16,21). The van der Waals surface area contributed by atoms with E-state index in [9.17, 15) is 9.59 Å². The third-order valence-electron chi connectivity index (χ3n) is 2.56. The van der Waals surface area contributed by atoms with Gasteiger partial charge in [-0.25, -0.2) is 0 Å². The van der Waals surface area contributed by atoms with Crippen molar-refractivity contribution >= 4 is 46.3 Å². The van der Waals surface area contributed by atoms with E-state index < -0.39 is 11.8 Å². The molecule has 1 aromatic heterocycles. The van der Waals surface area contributed by atoms with Gasteiger partial charge in [-0.2, -0.15) is 4.79 Å². The molecular weight excluding hydrogens is 328 g/mol. The smallest absolute Gasteiger partial charge is 0.360 e. The number of nitrogens with one attached hydrogen (secondary N) is 2. The predicted molar refractivity (Wildman–Crippen MR) is 81.1 cm³/mol. The molecule has 0 unspecified atom stereocenters. The van der Waals surface area contributed by atoms with Crippen LogP contribution in [-0.4, -0.2) is 39.0 Å². The highest BCUT2D eigenvalue weighted by Crippen LogP contribution is 2.15. The molecule has 0 bridgehead atoms. The van der Waals surface area contributed by atoms with Gasteiger partial charge in [0.15, 0.2) is 10.6 Å². The first-order chi connectivity index (χ1) is 10.6. The summed E-state index contributed by atoms with van der Waals surface area (Å²) < 4.78 is 3.60. The fraction of sp³-hybridized carbons (Fsp3) is 0.0833. The normalized spacial score (nSPS) is 9.73. The van der Waals surface area contributed by atoms with Crippen LogP contribution in [0.25, 0.3) is 5.53 Å². The van der Waals surface area contributed by atoms with Crippen LogP contribution in [0.15, 0.2) is 24.3 Å². The number of carbonyl (C=O) groups excluding carboxylic acids is 2. The molecule has 1 aromatic carbocycles. The molecular formula is C12H9ClN6O2S. The number of carbonyl (C=O) groups is 2. The molecule has 2 amide bonds. The van der Waals surface area contributed by atoms with E-state index in [2.05, 4.69) is 25.0 Å². The molecule has 0 radical (unpaired) electrons. The Labute approximate surface area is 133 Å². The van der Waals surface area contributed by atoms with Crippen molar-refractivity contribution in [1.29, 1.82) is 0 Å². The maximum absolute atomic E-state index is 12.2. The summed E-state index contributed by atoms with van der Waals surface area (Å²) in [5.74, 6) is -1.25. The second-order valence-electron chi connectivity index (χ2n) is 3.94. The molecule has 2 aromatic rings. The van der Waals surface area contributed by atoms with Gasteiger partial charge in [0.2, 0.25) is 0 Å². The number of hydrogen-bond acceptors (Lipinski definition) is 5. The van der Waals surface area contributed by atoms with E-state index in [-0.39, 0.29) is 16.3 Å². The van der Waals surface area contributed by atoms with Gasteiger partial charge < -0.3 is 16.2 Å². The van der Waals surface area contributed by atoms with E-state index in [1.807, 2.05) is 0 Å². The number of amides is 2. The molecule has 0 spiro atoms. The van der Waals surface area contributed by atoms with Crippen molar-refractivity contribution in [1.82, 2.24) is 14.9 Å². The summed E-state index contributed by atoms with van der Waals surface area (Å²) in [6, 6.07) is 6.36. The maximum Gasteiger partial charge on any atom is 0.400 e. The number of halogens is 1. The lowest BCUT2D eigenvalue weighted by molar-refractivity contribution is -0.114. The highest BCUT2D eigenvalue weighted by Gasteiger charge is 2.31. The third kappa shape index (κ3) is 3.34. The number of hydrogen-bond donors (Lipinski definition) is 2. The highest BCUT2D eigenvalue weighted by molar-refractivity contribution is 7.09. The van der Waals surface area contributed by atoms with Crippen molar-refractivity contribution < 1.29 is 14.4 Å². The van der Waals surface area contributed by atoms with Gasteiger partial charge in [-0.15, -0.1) is 5.10 Å². The van der Waals surface area contributed by atoms with Gasteiger partial charge in [0.1, 0.15) is 0 Å². The molecule has 0 saturated heterocycles. The zero-order valence-electron chi connectivity index (χ0n) is 11.2. The summed E-state index contributed by atoms with van der Waals surface area (Å²) in [5, 5.41) is 9.03. The first-order valence-electron chi connectivity index (χ1n) is 5.90. The highest BCUT2D eigenvalue weighted by atomic mass is 35.5. The summed E-state index contributed by atoms with van der Waals surface area (Å²) in [7, 11) is 1.41. The summed E-state index contributed by atoms with van der Waals surface area (Å²) >= 11 is 6.53. The molecule has 2 N–H and O–H groups in total. The summed E-state index contributed by atoms with van der Waals surface area (Å²) in [6.07, 6.45) is 0. The molecule has 0 saturated carbocycles. The molecule has 0 aliphatic carbocycles. The van der Waals surface area contributed by atoms with Crippen LogP contribution in [0.5, 0.6) is 0 Å². The van der Waals surface area contributed by atoms with E-state index >= 15 is 0 Å². The van der Waals surface area contributed by atoms with Crippen LogP contribution in [0.3, 0.4) is 0 Å². The molecule has 8 nitrogen and oxygen atoms in total. The summed E-state index contributed by atoms with van der Waals surface area (Å²) in [6.45, 7) is 0. The Balaban J connectivity index is 2.27. The number of benzene rings is 1. The van der Waals surface area contributed by atoms with Gasteiger partial charge in [-0.3, -0.25) is 9.59 Å². The fourth-order valence-electron chi connectivity index (χ4n) is 1.53. The predicted octanol–water partition coefficient (Wildman–Crippen LogP) is 1.21. The number of anilines is 1. The van der Waals surface area contributed by atoms with Gasteiger partial charge in [-0.05, 0) is 35.8 Å². The number of nitrogens with zero attached hydrogens (tertiary/aromatic N) is 4. The molecule has 0 atom stereocenters. The average Bonchev–Trinajstić information content (AvgIpc) is 2.99. The van der Waals surface area contributed by atoms with Crippen molar-refractivity contribution in [3.63, 3.8) is 0 Å². The van der Waals surface area contributed by atoms with Crippen molar-refractivity contribution in [2.24, 2.45) is 0 Å². The fourth-order valence-corrected chi connectivity index (χ4v) is 2.30. The summed E-state index contributed by atoms with van der Waals surface area (Å²) in [5.41, 5.74) is 9.10. The van der Waals surface area contributed by atoms with Gasteiger partial charge in [0, 0.05) is 17.8 Å². The van der Waals surface area contributed by atoms with E-state index in [0.29, 0.717) is 10.7 Å². The van der Waals surface area contributed by atoms with Crippen molar-refractivity contribution in [3.8, 4) is 0 Å². The SMILES string of the molecule is CNC(=O)c1nnsc1C(=[N+]=[N-])C(=O)Nc1ccc(Cl)cc1. The lowest BCUT2D eigenvalue weighted by Crippen LogP contribution is -2.27. The zero-order valence-corrected chi connectivity index (χ0v) is 12.8. The average molecular weight is 337 g/mol. The molecule has 10 heteroatoms. The van der Waals surface area contributed by atoms with Crippen LogP contribution >= 0.6 is 23.1 Å². The Morgan fingerprint density at radius 1 is 1.32 bits per heavy atom. The Kier molecular flexibility index (Phi) is 4.95. The van der Waals surface area contributed by atoms with Crippen LogP contribution in [0.4, 0.5) is 5.69 Å². The van der Waals surface area contributed by atoms with E-state index in [4.69, 9.17) is 17.1 Å². The minimum absolute atomic E-state index is 0.0633. The van der Waals surface area contributed by atoms with E-state index in [1.54, 1.807) is 24.3 Å². The van der Waals surface area contributed by atoms with Gasteiger partial charge in [-0.1, -0.05) is 16.1 Å². The largest absolute Gasteiger partial charge is 0.400 e. The first-order valence-corrected chi connectivity index (χ1v) is 7.05. The maximum atomic E-state index is 12.2. The Morgan fingerprint density at radius 3 is 2.59 bits per heavy atom. The number of aromatic nitrogens is 2. The van der Waals surface area contributed by atoms with Crippen LogP contribution in [0.1, 0.15) is 15.4 Å². The second kappa shape index (κ2) is 6.90. The van der Waals surface area contributed by atoms with Crippen LogP contribution in [-0.2, 0) is 4.79 Å². The minimum Gasteiger partial charge on any atom is -0.360 e. The van der Waals surface area contributed by atoms with Gasteiger partial charge in [0.05, 0.1) is 0 Å². The number of rotatable bonds is 4. The Hall–Kier alpha value is -2.61. The molecule has 0 aliphatic rings. The second-order valence-corrected chi connectivity index (χ2v) is 5.13. The van der Waals surface area contributed by atoms with Crippen molar-refractivity contribution in [2.45, 2.75) is 0 Å². The summed E-state index contributed by atoms with van der Waals surface area (Å²) in [4.78, 5) is 26.8. The molecule has 2 rings (SSSR count). The van der Waals surface area contributed by atoms with Gasteiger partial charge in [0.25, 0.3) is 5.91 Å². The molecule has 22 heavy (non-hydrogen) atoms. The molecule has 112 valence electrons. The van der Waals surface area contributed by atoms with Crippen molar-refractivity contribution in [3.05, 3.63) is 45.4 Å². The van der Waals surface area contributed by atoms with Crippen LogP contribution < -0.4 is 10.6 Å². The molecule has 0 fully saturated rings.